The third kappa shape index (κ3) is 7.01. The van der Waals surface area contributed by atoms with E-state index in [1.165, 1.54) is 44.0 Å². The summed E-state index contributed by atoms with van der Waals surface area (Å²) in [7, 11) is 0. The standard InChI is InChI=1S/C14H32IPS/c1-5-8-11-16(15,14-17-4,12-9-6-2)13-10-7-3/h5-14H2,1-4H3. The van der Waals surface area contributed by atoms with Gasteiger partial charge < -0.3 is 0 Å². The molecule has 0 heterocycles. The summed E-state index contributed by atoms with van der Waals surface area (Å²) in [5, 5.41) is 0. The van der Waals surface area contributed by atoms with E-state index in [4.69, 9.17) is 0 Å². The maximum absolute atomic E-state index is 2.99. The number of halogens is 1. The summed E-state index contributed by atoms with van der Waals surface area (Å²) in [5.74, 6) is 0. The number of hydrogen-bond acceptors (Lipinski definition) is 1. The first-order chi connectivity index (χ1) is 8.04. The normalized spacial score (nSPS) is 14.5. The van der Waals surface area contributed by atoms with Gasteiger partial charge in [-0.2, -0.15) is 0 Å². The predicted molar refractivity (Wildman–Crippen MR) is 98.6 cm³/mol. The Balaban J connectivity index is 4.76. The summed E-state index contributed by atoms with van der Waals surface area (Å²) in [4.78, 5) is 0. The zero-order valence-corrected chi connectivity index (χ0v) is 16.2. The molecule has 0 saturated heterocycles. The molecule has 0 rings (SSSR count). The van der Waals surface area contributed by atoms with Crippen LogP contribution in [0.1, 0.15) is 59.3 Å². The van der Waals surface area contributed by atoms with Crippen molar-refractivity contribution in [3.8, 4) is 0 Å². The van der Waals surface area contributed by atoms with Gasteiger partial charge in [0.2, 0.25) is 0 Å². The van der Waals surface area contributed by atoms with Crippen molar-refractivity contribution < 1.29 is 0 Å². The van der Waals surface area contributed by atoms with Crippen LogP contribution in [0.5, 0.6) is 0 Å². The zero-order valence-electron chi connectivity index (χ0n) is 12.3. The van der Waals surface area contributed by atoms with Crippen molar-refractivity contribution in [1.82, 2.24) is 0 Å². The van der Waals surface area contributed by atoms with Crippen LogP contribution in [-0.2, 0) is 0 Å². The van der Waals surface area contributed by atoms with E-state index in [0.717, 1.165) is 0 Å². The van der Waals surface area contributed by atoms with Gasteiger partial charge in [0.25, 0.3) is 0 Å². The number of thioether (sulfide) groups is 1. The Hall–Kier alpha value is 1.51. The summed E-state index contributed by atoms with van der Waals surface area (Å²) < 4.78 is -1.41. The molecule has 3 heteroatoms. The Morgan fingerprint density at radius 1 is 0.824 bits per heavy atom. The number of rotatable bonds is 11. The Morgan fingerprint density at radius 3 is 1.41 bits per heavy atom. The van der Waals surface area contributed by atoms with Crippen LogP contribution in [0.2, 0.25) is 0 Å². The van der Waals surface area contributed by atoms with Gasteiger partial charge in [0, 0.05) is 0 Å². The van der Waals surface area contributed by atoms with Gasteiger partial charge in [-0.25, -0.2) is 0 Å². The molecule has 17 heavy (non-hydrogen) atoms. The van der Waals surface area contributed by atoms with Gasteiger partial charge in [-0.15, -0.1) is 0 Å². The van der Waals surface area contributed by atoms with Crippen molar-refractivity contribution in [2.24, 2.45) is 0 Å². The Bertz CT molecular complexity index is 172. The minimum absolute atomic E-state index is 1.37. The molecular weight excluding hydrogens is 358 g/mol. The van der Waals surface area contributed by atoms with Crippen LogP contribution in [0, 0.1) is 0 Å². The molecule has 0 radical (unpaired) electrons. The van der Waals surface area contributed by atoms with E-state index in [0.29, 0.717) is 0 Å². The third-order valence-electron chi connectivity index (χ3n) is 3.66. The molecule has 0 fully saturated rings. The Kier molecular flexibility index (Phi) is 10.3. The first-order valence-electron chi connectivity index (χ1n) is 7.25. The maximum atomic E-state index is 2.99. The third-order valence-corrected chi connectivity index (χ3v) is 18.4. The molecule has 0 atom stereocenters. The summed E-state index contributed by atoms with van der Waals surface area (Å²) in [6.45, 7) is 7.03. The van der Waals surface area contributed by atoms with E-state index >= 15 is 0 Å². The van der Waals surface area contributed by atoms with Gasteiger partial charge in [0.05, 0.1) is 0 Å². The van der Waals surface area contributed by atoms with Crippen molar-refractivity contribution in [1.29, 1.82) is 0 Å². The molecule has 0 spiro atoms. The van der Waals surface area contributed by atoms with Crippen LogP contribution in [0.15, 0.2) is 0 Å². The summed E-state index contributed by atoms with van der Waals surface area (Å²) in [6, 6.07) is 0. The molecule has 0 aliphatic rings. The molecule has 0 nitrogen and oxygen atoms in total. The molecule has 0 aromatic heterocycles. The SMILES string of the molecule is CCCCP(I)(CCCC)(CCCC)CSC. The molecule has 0 bridgehead atoms. The average Bonchev–Trinajstić information content (AvgIpc) is 2.33. The van der Waals surface area contributed by atoms with Crippen molar-refractivity contribution in [3.63, 3.8) is 0 Å². The molecule has 0 aliphatic heterocycles. The molecule has 0 N–H and O–H groups in total. The van der Waals surface area contributed by atoms with Crippen molar-refractivity contribution >= 4 is 38.0 Å². The van der Waals surface area contributed by atoms with Crippen molar-refractivity contribution in [2.45, 2.75) is 59.3 Å². The van der Waals surface area contributed by atoms with Crippen LogP contribution in [0.25, 0.3) is 0 Å². The first kappa shape index (κ1) is 18.5. The summed E-state index contributed by atoms with van der Waals surface area (Å²) in [6.07, 6.45) is 15.4. The van der Waals surface area contributed by atoms with E-state index in [1.54, 1.807) is 18.5 Å². The Labute approximate surface area is 127 Å². The summed E-state index contributed by atoms with van der Waals surface area (Å²) in [5.41, 5.74) is 1.46. The molecule has 0 amide bonds. The van der Waals surface area contributed by atoms with Crippen LogP contribution in [-0.4, -0.2) is 30.2 Å². The second kappa shape index (κ2) is 9.42. The second-order valence-corrected chi connectivity index (χ2v) is 20.2. The average molecular weight is 390 g/mol. The van der Waals surface area contributed by atoms with E-state index in [1.807, 2.05) is 0 Å². The predicted octanol–water partition coefficient (Wildman–Crippen LogP) is 6.61. The van der Waals surface area contributed by atoms with Gasteiger partial charge >= 0.3 is 128 Å². The van der Waals surface area contributed by atoms with Gasteiger partial charge in [-0.3, -0.25) is 0 Å². The summed E-state index contributed by atoms with van der Waals surface area (Å²) >= 11 is 5.10. The van der Waals surface area contributed by atoms with Gasteiger partial charge in [0.15, 0.2) is 0 Å². The minimum atomic E-state index is -1.41. The fraction of sp³-hybridized carbons (Fsp3) is 1.00. The fourth-order valence-corrected chi connectivity index (χ4v) is 16.2. The molecule has 0 saturated carbocycles. The van der Waals surface area contributed by atoms with E-state index in [-0.39, 0.29) is 0 Å². The van der Waals surface area contributed by atoms with Crippen LogP contribution >= 0.6 is 38.0 Å². The quantitative estimate of drug-likeness (QED) is 0.283. The zero-order chi connectivity index (χ0) is 13.2. The number of hydrogen-bond donors (Lipinski definition) is 0. The number of unbranched alkanes of at least 4 members (excludes halogenated alkanes) is 3. The topological polar surface area (TPSA) is 0 Å². The molecule has 0 aromatic carbocycles. The van der Waals surface area contributed by atoms with Crippen LogP contribution in [0.4, 0.5) is 0 Å². The van der Waals surface area contributed by atoms with Gasteiger partial charge in [-0.1, -0.05) is 0 Å². The fourth-order valence-electron chi connectivity index (χ4n) is 2.51. The van der Waals surface area contributed by atoms with Gasteiger partial charge in [0.1, 0.15) is 0 Å². The van der Waals surface area contributed by atoms with E-state index in [2.05, 4.69) is 60.8 Å². The Morgan fingerprint density at radius 2 is 1.18 bits per heavy atom. The monoisotopic (exact) mass is 390 g/mol. The molecule has 106 valence electrons. The van der Waals surface area contributed by atoms with Crippen molar-refractivity contribution in [2.75, 3.05) is 30.2 Å². The van der Waals surface area contributed by atoms with E-state index < -0.39 is 4.25 Å². The second-order valence-electron chi connectivity index (χ2n) is 5.47. The molecular formula is C14H32IPS. The molecule has 0 aliphatic carbocycles. The van der Waals surface area contributed by atoms with E-state index in [9.17, 15) is 0 Å². The molecule has 0 aromatic rings. The first-order valence-corrected chi connectivity index (χ1v) is 14.4. The van der Waals surface area contributed by atoms with Crippen LogP contribution < -0.4 is 0 Å². The van der Waals surface area contributed by atoms with Gasteiger partial charge in [-0.05, 0) is 0 Å². The van der Waals surface area contributed by atoms with Crippen LogP contribution in [0.3, 0.4) is 0 Å². The van der Waals surface area contributed by atoms with Crippen molar-refractivity contribution in [3.05, 3.63) is 0 Å². The molecule has 0 unspecified atom stereocenters.